The van der Waals surface area contributed by atoms with Crippen molar-refractivity contribution in [3.8, 4) is 11.3 Å². The SMILES string of the molecule is C[C@@H](NC(=O)c1cn2cc(-c3ccccc3Cl)n(C)c(=O)c2n1)C(N)=O. The fraction of sp³-hybridized carbons (Fsp3) is 0.176. The molecule has 3 aromatic rings. The fourth-order valence-electron chi connectivity index (χ4n) is 2.50. The number of carbonyl (C=O) groups is 2. The smallest absolute Gasteiger partial charge is 0.294 e. The van der Waals surface area contributed by atoms with Gasteiger partial charge in [-0.15, -0.1) is 0 Å². The Kier molecular flexibility index (Phi) is 4.52. The maximum Gasteiger partial charge on any atom is 0.294 e. The Morgan fingerprint density at radius 1 is 1.27 bits per heavy atom. The van der Waals surface area contributed by atoms with E-state index in [9.17, 15) is 14.4 Å². The number of halogens is 1. The quantitative estimate of drug-likeness (QED) is 0.709. The molecule has 2 aromatic heterocycles. The van der Waals surface area contributed by atoms with Gasteiger partial charge >= 0.3 is 0 Å². The lowest BCUT2D eigenvalue weighted by Crippen LogP contribution is -2.42. The minimum absolute atomic E-state index is 0.00603. The van der Waals surface area contributed by atoms with Gasteiger partial charge in [-0.05, 0) is 13.0 Å². The van der Waals surface area contributed by atoms with Gasteiger partial charge in [0.2, 0.25) is 11.6 Å². The molecule has 0 fully saturated rings. The number of hydrogen-bond donors (Lipinski definition) is 2. The van der Waals surface area contributed by atoms with Gasteiger partial charge in [0, 0.05) is 30.0 Å². The maximum absolute atomic E-state index is 12.6. The van der Waals surface area contributed by atoms with Gasteiger partial charge in [0.15, 0.2) is 0 Å². The van der Waals surface area contributed by atoms with Crippen LogP contribution in [0.2, 0.25) is 5.02 Å². The van der Waals surface area contributed by atoms with Crippen molar-refractivity contribution in [1.29, 1.82) is 0 Å². The first-order valence-corrected chi connectivity index (χ1v) is 8.11. The van der Waals surface area contributed by atoms with Gasteiger partial charge in [-0.2, -0.15) is 0 Å². The minimum Gasteiger partial charge on any atom is -0.368 e. The number of rotatable bonds is 4. The summed E-state index contributed by atoms with van der Waals surface area (Å²) in [6.45, 7) is 1.46. The molecule has 0 bridgehead atoms. The average molecular weight is 374 g/mol. The van der Waals surface area contributed by atoms with Crippen LogP contribution in [0.1, 0.15) is 17.4 Å². The molecule has 134 valence electrons. The third-order valence-electron chi connectivity index (χ3n) is 4.01. The molecule has 1 aromatic carbocycles. The van der Waals surface area contributed by atoms with Crippen LogP contribution in [0.25, 0.3) is 16.9 Å². The standard InChI is InChI=1S/C17H16ClN5O3/c1-9(14(19)24)20-16(25)12-7-23-8-13(10-5-3-4-6-11(10)18)22(2)17(26)15(23)21-12/h3-9H,1-2H3,(H2,19,24)(H,20,25)/t9-/m1/s1. The first-order valence-electron chi connectivity index (χ1n) is 7.73. The van der Waals surface area contributed by atoms with E-state index in [0.717, 1.165) is 0 Å². The molecule has 0 aliphatic heterocycles. The van der Waals surface area contributed by atoms with E-state index in [4.69, 9.17) is 17.3 Å². The number of carbonyl (C=O) groups excluding carboxylic acids is 2. The summed E-state index contributed by atoms with van der Waals surface area (Å²) in [5, 5.41) is 2.92. The van der Waals surface area contributed by atoms with Crippen molar-refractivity contribution >= 4 is 29.1 Å². The number of fused-ring (bicyclic) bond motifs is 1. The number of imidazole rings is 1. The highest BCUT2D eigenvalue weighted by atomic mass is 35.5. The van der Waals surface area contributed by atoms with E-state index in [0.29, 0.717) is 16.3 Å². The Bertz CT molecular complexity index is 1090. The second kappa shape index (κ2) is 6.64. The Morgan fingerprint density at radius 2 is 1.96 bits per heavy atom. The van der Waals surface area contributed by atoms with Crippen molar-refractivity contribution in [2.75, 3.05) is 0 Å². The summed E-state index contributed by atoms with van der Waals surface area (Å²) in [4.78, 5) is 40.0. The molecule has 0 aliphatic rings. The van der Waals surface area contributed by atoms with E-state index in [1.165, 1.54) is 22.1 Å². The number of primary amides is 1. The summed E-state index contributed by atoms with van der Waals surface area (Å²) in [5.41, 5.74) is 6.09. The van der Waals surface area contributed by atoms with Crippen molar-refractivity contribution in [3.05, 3.63) is 57.7 Å². The third-order valence-corrected chi connectivity index (χ3v) is 4.34. The molecule has 1 atom stereocenters. The third kappa shape index (κ3) is 3.06. The monoisotopic (exact) mass is 373 g/mol. The van der Waals surface area contributed by atoms with Gasteiger partial charge < -0.3 is 15.6 Å². The van der Waals surface area contributed by atoms with Crippen LogP contribution in [0.15, 0.2) is 41.5 Å². The zero-order chi connectivity index (χ0) is 19.0. The van der Waals surface area contributed by atoms with Crippen molar-refractivity contribution in [2.45, 2.75) is 13.0 Å². The number of benzene rings is 1. The number of nitrogens with one attached hydrogen (secondary N) is 1. The Balaban J connectivity index is 2.10. The predicted octanol–water partition coefficient (Wildman–Crippen LogP) is 0.957. The van der Waals surface area contributed by atoms with Crippen molar-refractivity contribution in [1.82, 2.24) is 19.3 Å². The van der Waals surface area contributed by atoms with Gasteiger partial charge in [-0.25, -0.2) is 4.98 Å². The lowest BCUT2D eigenvalue weighted by Gasteiger charge is -2.10. The molecule has 2 heterocycles. The summed E-state index contributed by atoms with van der Waals surface area (Å²) in [6, 6.07) is 6.27. The van der Waals surface area contributed by atoms with Crippen molar-refractivity contribution in [3.63, 3.8) is 0 Å². The normalized spacial score (nSPS) is 12.1. The van der Waals surface area contributed by atoms with Crippen molar-refractivity contribution in [2.24, 2.45) is 12.8 Å². The molecule has 0 radical (unpaired) electrons. The zero-order valence-corrected chi connectivity index (χ0v) is 14.8. The van der Waals surface area contributed by atoms with Gasteiger partial charge in [0.1, 0.15) is 11.7 Å². The first kappa shape index (κ1) is 17.7. The summed E-state index contributed by atoms with van der Waals surface area (Å²) in [5.74, 6) is -1.26. The van der Waals surface area contributed by atoms with Crippen LogP contribution in [0.5, 0.6) is 0 Å². The molecule has 0 aliphatic carbocycles. The molecule has 9 heteroatoms. The molecule has 8 nitrogen and oxygen atoms in total. The van der Waals surface area contributed by atoms with Gasteiger partial charge in [-0.3, -0.25) is 18.8 Å². The van der Waals surface area contributed by atoms with Crippen LogP contribution in [0.3, 0.4) is 0 Å². The maximum atomic E-state index is 12.6. The fourth-order valence-corrected chi connectivity index (χ4v) is 2.73. The van der Waals surface area contributed by atoms with E-state index in [2.05, 4.69) is 10.3 Å². The molecule has 0 unspecified atom stereocenters. The van der Waals surface area contributed by atoms with Gasteiger partial charge in [0.25, 0.3) is 11.5 Å². The molecular weight excluding hydrogens is 358 g/mol. The minimum atomic E-state index is -0.853. The summed E-state index contributed by atoms with van der Waals surface area (Å²) < 4.78 is 2.88. The highest BCUT2D eigenvalue weighted by molar-refractivity contribution is 6.33. The van der Waals surface area contributed by atoms with E-state index >= 15 is 0 Å². The largest absolute Gasteiger partial charge is 0.368 e. The molecular formula is C17H16ClN5O3. The van der Waals surface area contributed by atoms with Crippen LogP contribution >= 0.6 is 11.6 Å². The number of hydrogen-bond acceptors (Lipinski definition) is 4. The van der Waals surface area contributed by atoms with Crippen LogP contribution in [0, 0.1) is 0 Å². The van der Waals surface area contributed by atoms with E-state index < -0.39 is 17.9 Å². The summed E-state index contributed by atoms with van der Waals surface area (Å²) in [7, 11) is 1.60. The van der Waals surface area contributed by atoms with Crippen LogP contribution in [0.4, 0.5) is 0 Å². The topological polar surface area (TPSA) is 111 Å². The highest BCUT2D eigenvalue weighted by Crippen LogP contribution is 2.26. The predicted molar refractivity (Wildman–Crippen MR) is 97.0 cm³/mol. The average Bonchev–Trinajstić information content (AvgIpc) is 3.03. The second-order valence-electron chi connectivity index (χ2n) is 5.81. The van der Waals surface area contributed by atoms with Crippen molar-refractivity contribution < 1.29 is 9.59 Å². The van der Waals surface area contributed by atoms with E-state index in [1.807, 2.05) is 6.07 Å². The highest BCUT2D eigenvalue weighted by Gasteiger charge is 2.19. The molecule has 3 rings (SSSR count). The van der Waals surface area contributed by atoms with Gasteiger partial charge in [-0.1, -0.05) is 29.8 Å². The lowest BCUT2D eigenvalue weighted by molar-refractivity contribution is -0.119. The Labute approximate surface area is 153 Å². The zero-order valence-electron chi connectivity index (χ0n) is 14.1. The van der Waals surface area contributed by atoms with E-state index in [1.54, 1.807) is 31.4 Å². The summed E-state index contributed by atoms with van der Waals surface area (Å²) in [6.07, 6.45) is 3.08. The lowest BCUT2D eigenvalue weighted by atomic mass is 10.1. The van der Waals surface area contributed by atoms with Crippen LogP contribution < -0.4 is 16.6 Å². The molecule has 2 amide bonds. The number of aromatic nitrogens is 3. The molecule has 0 spiro atoms. The number of amides is 2. The molecule has 3 N–H and O–H groups in total. The van der Waals surface area contributed by atoms with Gasteiger partial charge in [0.05, 0.1) is 5.69 Å². The number of nitrogens with zero attached hydrogens (tertiary/aromatic N) is 3. The first-order chi connectivity index (χ1) is 12.3. The molecule has 0 saturated carbocycles. The molecule has 26 heavy (non-hydrogen) atoms. The Morgan fingerprint density at radius 3 is 2.62 bits per heavy atom. The van der Waals surface area contributed by atoms with Crippen LogP contribution in [-0.4, -0.2) is 31.8 Å². The Hall–Kier alpha value is -3.13. The second-order valence-corrected chi connectivity index (χ2v) is 6.22. The summed E-state index contributed by atoms with van der Waals surface area (Å²) >= 11 is 6.23. The van der Waals surface area contributed by atoms with E-state index in [-0.39, 0.29) is 16.9 Å². The van der Waals surface area contributed by atoms with Crippen LogP contribution in [-0.2, 0) is 11.8 Å². The molecule has 0 saturated heterocycles. The number of nitrogens with two attached hydrogens (primary N) is 1.